The maximum absolute atomic E-state index is 12.6. The average Bonchev–Trinajstić information content (AvgIpc) is 2.62. The first kappa shape index (κ1) is 17.6. The largest absolute Gasteiger partial charge is 0.324 e. The Labute approximate surface area is 153 Å². The van der Waals surface area contributed by atoms with E-state index in [1.54, 1.807) is 12.3 Å². The topological polar surface area (TPSA) is 66.9 Å². The van der Waals surface area contributed by atoms with Gasteiger partial charge in [0, 0.05) is 17.6 Å². The molecule has 3 aromatic rings. The van der Waals surface area contributed by atoms with Crippen LogP contribution in [0.2, 0.25) is 0 Å². The van der Waals surface area contributed by atoms with Crippen molar-refractivity contribution in [1.29, 1.82) is 0 Å². The third-order valence-electron chi connectivity index (χ3n) is 4.33. The lowest BCUT2D eigenvalue weighted by Crippen LogP contribution is -2.16. The number of para-hydroxylation sites is 2. The lowest BCUT2D eigenvalue weighted by atomic mass is 10.1. The van der Waals surface area contributed by atoms with E-state index in [-0.39, 0.29) is 5.91 Å². The summed E-state index contributed by atoms with van der Waals surface area (Å²) in [5.74, 6) is 0.144. The summed E-state index contributed by atoms with van der Waals surface area (Å²) in [4.78, 5) is 21.2. The molecule has 0 spiro atoms. The molecule has 1 amide bonds. The molecule has 2 N–H and O–H groups in total. The standard InChI is InChI=1S/C21H22N4O/c1-13-7-5-8-14(2)18(13)24-20(26)17-11-12-22-21(23-17)25-19-15(3)9-6-10-16(19)4/h5-12H,1-4H3,(H,24,26)(H,22,23,25). The zero-order valence-electron chi connectivity index (χ0n) is 15.4. The van der Waals surface area contributed by atoms with Gasteiger partial charge in [0.15, 0.2) is 0 Å². The number of aryl methyl sites for hydroxylation is 4. The number of nitrogens with one attached hydrogen (secondary N) is 2. The van der Waals surface area contributed by atoms with Crippen LogP contribution in [0.4, 0.5) is 17.3 Å². The normalized spacial score (nSPS) is 10.5. The summed E-state index contributed by atoms with van der Waals surface area (Å²) in [5.41, 5.74) is 6.32. The van der Waals surface area contributed by atoms with E-state index < -0.39 is 0 Å². The van der Waals surface area contributed by atoms with E-state index in [1.165, 1.54) is 0 Å². The fourth-order valence-corrected chi connectivity index (χ4v) is 2.86. The molecule has 0 bridgehead atoms. The van der Waals surface area contributed by atoms with Gasteiger partial charge in [-0.15, -0.1) is 0 Å². The van der Waals surface area contributed by atoms with Crippen molar-refractivity contribution in [2.75, 3.05) is 10.6 Å². The molecule has 0 unspecified atom stereocenters. The lowest BCUT2D eigenvalue weighted by molar-refractivity contribution is 0.102. The van der Waals surface area contributed by atoms with Crippen LogP contribution in [0.1, 0.15) is 32.7 Å². The molecule has 1 heterocycles. The fraction of sp³-hybridized carbons (Fsp3) is 0.190. The smallest absolute Gasteiger partial charge is 0.274 e. The summed E-state index contributed by atoms with van der Waals surface area (Å²) >= 11 is 0. The number of carbonyl (C=O) groups excluding carboxylic acids is 1. The van der Waals surface area contributed by atoms with Crippen molar-refractivity contribution in [2.45, 2.75) is 27.7 Å². The molecule has 0 saturated heterocycles. The first-order chi connectivity index (χ1) is 12.5. The second-order valence-corrected chi connectivity index (χ2v) is 6.38. The fourth-order valence-electron chi connectivity index (χ4n) is 2.86. The summed E-state index contributed by atoms with van der Waals surface area (Å²) in [5, 5.41) is 6.17. The Balaban J connectivity index is 1.84. The van der Waals surface area contributed by atoms with Gasteiger partial charge in [0.1, 0.15) is 5.69 Å². The minimum Gasteiger partial charge on any atom is -0.324 e. The van der Waals surface area contributed by atoms with Gasteiger partial charge < -0.3 is 10.6 Å². The molecule has 0 atom stereocenters. The monoisotopic (exact) mass is 346 g/mol. The Bertz CT molecular complexity index is 925. The number of carbonyl (C=O) groups is 1. The molecule has 26 heavy (non-hydrogen) atoms. The van der Waals surface area contributed by atoms with Gasteiger partial charge in [0.25, 0.3) is 5.91 Å². The Morgan fingerprint density at radius 2 is 1.35 bits per heavy atom. The van der Waals surface area contributed by atoms with Gasteiger partial charge in [-0.25, -0.2) is 9.97 Å². The van der Waals surface area contributed by atoms with Crippen molar-refractivity contribution in [3.05, 3.63) is 76.6 Å². The molecule has 0 fully saturated rings. The summed E-state index contributed by atoms with van der Waals surface area (Å²) in [6.07, 6.45) is 1.59. The zero-order valence-corrected chi connectivity index (χ0v) is 15.4. The molecule has 5 heteroatoms. The molecular formula is C21H22N4O. The van der Waals surface area contributed by atoms with E-state index >= 15 is 0 Å². The highest BCUT2D eigenvalue weighted by atomic mass is 16.1. The average molecular weight is 346 g/mol. The predicted molar refractivity (Wildman–Crippen MR) is 105 cm³/mol. The van der Waals surface area contributed by atoms with Crippen LogP contribution in [-0.4, -0.2) is 15.9 Å². The molecule has 1 aromatic heterocycles. The first-order valence-electron chi connectivity index (χ1n) is 8.49. The number of anilines is 3. The second-order valence-electron chi connectivity index (χ2n) is 6.38. The SMILES string of the molecule is Cc1cccc(C)c1NC(=O)c1ccnc(Nc2c(C)cccc2C)n1. The second kappa shape index (κ2) is 7.35. The van der Waals surface area contributed by atoms with Gasteiger partial charge >= 0.3 is 0 Å². The number of nitrogens with zero attached hydrogens (tertiary/aromatic N) is 2. The van der Waals surface area contributed by atoms with Crippen LogP contribution in [0.15, 0.2) is 48.7 Å². The summed E-state index contributed by atoms with van der Waals surface area (Å²) < 4.78 is 0. The minimum atomic E-state index is -0.255. The summed E-state index contributed by atoms with van der Waals surface area (Å²) in [6.45, 7) is 7.98. The summed E-state index contributed by atoms with van der Waals surface area (Å²) in [6, 6.07) is 13.6. The molecule has 3 rings (SSSR count). The number of hydrogen-bond donors (Lipinski definition) is 2. The van der Waals surface area contributed by atoms with E-state index in [4.69, 9.17) is 0 Å². The Kier molecular flexibility index (Phi) is 4.98. The number of benzene rings is 2. The van der Waals surface area contributed by atoms with E-state index in [1.807, 2.05) is 64.1 Å². The van der Waals surface area contributed by atoms with Crippen molar-refractivity contribution in [2.24, 2.45) is 0 Å². The lowest BCUT2D eigenvalue weighted by Gasteiger charge is -2.13. The number of aromatic nitrogens is 2. The molecule has 132 valence electrons. The van der Waals surface area contributed by atoms with Crippen LogP contribution < -0.4 is 10.6 Å². The van der Waals surface area contributed by atoms with Crippen molar-refractivity contribution < 1.29 is 4.79 Å². The van der Waals surface area contributed by atoms with Gasteiger partial charge in [0.05, 0.1) is 0 Å². The Hall–Kier alpha value is -3.21. The van der Waals surface area contributed by atoms with Gasteiger partial charge in [-0.2, -0.15) is 0 Å². The van der Waals surface area contributed by atoms with E-state index in [2.05, 4.69) is 20.6 Å². The van der Waals surface area contributed by atoms with Gasteiger partial charge in [0.2, 0.25) is 5.95 Å². The molecule has 0 radical (unpaired) electrons. The molecule has 2 aromatic carbocycles. The quantitative estimate of drug-likeness (QED) is 0.718. The molecule has 0 aliphatic carbocycles. The highest BCUT2D eigenvalue weighted by Crippen LogP contribution is 2.23. The van der Waals surface area contributed by atoms with E-state index in [0.29, 0.717) is 11.6 Å². The van der Waals surface area contributed by atoms with Crippen LogP contribution in [0.5, 0.6) is 0 Å². The van der Waals surface area contributed by atoms with Crippen molar-refractivity contribution in [3.8, 4) is 0 Å². The molecule has 0 aliphatic heterocycles. The number of hydrogen-bond acceptors (Lipinski definition) is 4. The molecule has 0 aliphatic rings. The van der Waals surface area contributed by atoms with Crippen molar-refractivity contribution in [3.63, 3.8) is 0 Å². The Morgan fingerprint density at radius 3 is 1.92 bits per heavy atom. The predicted octanol–water partition coefficient (Wildman–Crippen LogP) is 4.71. The maximum atomic E-state index is 12.6. The highest BCUT2D eigenvalue weighted by molar-refractivity contribution is 6.03. The highest BCUT2D eigenvalue weighted by Gasteiger charge is 2.13. The van der Waals surface area contributed by atoms with E-state index in [0.717, 1.165) is 33.6 Å². The minimum absolute atomic E-state index is 0.255. The van der Waals surface area contributed by atoms with E-state index in [9.17, 15) is 4.79 Å². The van der Waals surface area contributed by atoms with Crippen molar-refractivity contribution >= 4 is 23.2 Å². The van der Waals surface area contributed by atoms with Gasteiger partial charge in [-0.1, -0.05) is 36.4 Å². The first-order valence-corrected chi connectivity index (χ1v) is 8.49. The van der Waals surface area contributed by atoms with Crippen LogP contribution in [-0.2, 0) is 0 Å². The van der Waals surface area contributed by atoms with Crippen LogP contribution >= 0.6 is 0 Å². The Morgan fingerprint density at radius 1 is 0.808 bits per heavy atom. The molecule has 0 saturated carbocycles. The molecule has 5 nitrogen and oxygen atoms in total. The van der Waals surface area contributed by atoms with Crippen LogP contribution in [0.3, 0.4) is 0 Å². The van der Waals surface area contributed by atoms with Crippen LogP contribution in [0.25, 0.3) is 0 Å². The number of amides is 1. The van der Waals surface area contributed by atoms with Crippen molar-refractivity contribution in [1.82, 2.24) is 9.97 Å². The molecular weight excluding hydrogens is 324 g/mol. The summed E-state index contributed by atoms with van der Waals surface area (Å²) in [7, 11) is 0. The number of rotatable bonds is 4. The zero-order chi connectivity index (χ0) is 18.7. The maximum Gasteiger partial charge on any atom is 0.274 e. The third kappa shape index (κ3) is 3.72. The van der Waals surface area contributed by atoms with Crippen LogP contribution in [0, 0.1) is 27.7 Å². The third-order valence-corrected chi connectivity index (χ3v) is 4.33. The van der Waals surface area contributed by atoms with Gasteiger partial charge in [-0.3, -0.25) is 4.79 Å². The van der Waals surface area contributed by atoms with Gasteiger partial charge in [-0.05, 0) is 56.0 Å².